The van der Waals surface area contributed by atoms with Gasteiger partial charge in [-0.3, -0.25) is 9.48 Å². The molecule has 5 heteroatoms. The van der Waals surface area contributed by atoms with E-state index >= 15 is 0 Å². The number of hydrogen-bond donors (Lipinski definition) is 1. The van der Waals surface area contributed by atoms with Gasteiger partial charge in [0.1, 0.15) is 5.69 Å². The molecule has 0 fully saturated rings. The van der Waals surface area contributed by atoms with Gasteiger partial charge in [-0.1, -0.05) is 18.1 Å². The molecule has 0 aliphatic rings. The van der Waals surface area contributed by atoms with Gasteiger partial charge in [0, 0.05) is 42.3 Å². The van der Waals surface area contributed by atoms with Crippen molar-refractivity contribution in [1.29, 1.82) is 0 Å². The molecule has 25 heavy (non-hydrogen) atoms. The first-order chi connectivity index (χ1) is 12.2. The highest BCUT2D eigenvalue weighted by Crippen LogP contribution is 2.10. The van der Waals surface area contributed by atoms with Crippen molar-refractivity contribution in [3.05, 3.63) is 84.0 Å². The third-order valence-electron chi connectivity index (χ3n) is 3.28. The van der Waals surface area contributed by atoms with Crippen LogP contribution in [0, 0.1) is 11.8 Å². The van der Waals surface area contributed by atoms with Gasteiger partial charge in [-0.15, -0.1) is 0 Å². The topological polar surface area (TPSA) is 59.8 Å². The highest BCUT2D eigenvalue weighted by Gasteiger charge is 1.99. The molecule has 5 nitrogen and oxygen atoms in total. The Kier molecular flexibility index (Phi) is 5.03. The van der Waals surface area contributed by atoms with E-state index < -0.39 is 0 Å². The zero-order chi connectivity index (χ0) is 17.5. The normalized spacial score (nSPS) is 10.3. The lowest BCUT2D eigenvalue weighted by molar-refractivity contribution is -0.111. The van der Waals surface area contributed by atoms with Gasteiger partial charge in [0.2, 0.25) is 5.91 Å². The molecule has 3 rings (SSSR count). The van der Waals surface area contributed by atoms with Crippen LogP contribution < -0.4 is 5.32 Å². The fourth-order valence-electron chi connectivity index (χ4n) is 2.13. The molecule has 0 atom stereocenters. The Labute approximate surface area is 146 Å². The van der Waals surface area contributed by atoms with Crippen LogP contribution >= 0.6 is 0 Å². The van der Waals surface area contributed by atoms with Crippen molar-refractivity contribution in [2.75, 3.05) is 5.32 Å². The first kappa shape index (κ1) is 16.2. The van der Waals surface area contributed by atoms with Gasteiger partial charge in [-0.25, -0.2) is 4.98 Å². The first-order valence-corrected chi connectivity index (χ1v) is 7.70. The molecule has 0 aliphatic carbocycles. The summed E-state index contributed by atoms with van der Waals surface area (Å²) in [4.78, 5) is 16.2. The summed E-state index contributed by atoms with van der Waals surface area (Å²) in [5.74, 6) is 5.83. The van der Waals surface area contributed by atoms with Gasteiger partial charge in [0.25, 0.3) is 0 Å². The van der Waals surface area contributed by atoms with Crippen LogP contribution in [0.1, 0.15) is 16.8 Å². The van der Waals surface area contributed by atoms with E-state index in [-0.39, 0.29) is 5.91 Å². The zero-order valence-corrected chi connectivity index (χ0v) is 13.7. The van der Waals surface area contributed by atoms with Gasteiger partial charge < -0.3 is 5.32 Å². The summed E-state index contributed by atoms with van der Waals surface area (Å²) < 4.78 is 1.68. The monoisotopic (exact) mass is 328 g/mol. The number of nitrogens with zero attached hydrogens (tertiary/aromatic N) is 3. The molecule has 0 radical (unpaired) electrons. The summed E-state index contributed by atoms with van der Waals surface area (Å²) in [6, 6.07) is 13.0. The van der Waals surface area contributed by atoms with Crippen molar-refractivity contribution >= 4 is 17.7 Å². The Bertz CT molecular complexity index is 962. The number of pyridine rings is 1. The van der Waals surface area contributed by atoms with Gasteiger partial charge in [-0.05, 0) is 42.3 Å². The predicted octanol–water partition coefficient (Wildman–Crippen LogP) is 2.87. The van der Waals surface area contributed by atoms with Crippen LogP contribution in [0.25, 0.3) is 6.08 Å². The van der Waals surface area contributed by atoms with Gasteiger partial charge in [0.15, 0.2) is 0 Å². The van der Waals surface area contributed by atoms with Crippen LogP contribution in [0.4, 0.5) is 5.69 Å². The van der Waals surface area contributed by atoms with Crippen molar-refractivity contribution in [2.45, 2.75) is 0 Å². The fraction of sp³-hybridized carbons (Fsp3) is 0.0500. The van der Waals surface area contributed by atoms with Gasteiger partial charge in [-0.2, -0.15) is 5.10 Å². The Morgan fingerprint density at radius 1 is 1.20 bits per heavy atom. The minimum atomic E-state index is -0.210. The molecular weight excluding hydrogens is 312 g/mol. The highest BCUT2D eigenvalue weighted by atomic mass is 16.1. The number of nitrogens with one attached hydrogen (secondary N) is 1. The van der Waals surface area contributed by atoms with Crippen LogP contribution in [0.15, 0.2) is 67.1 Å². The zero-order valence-electron chi connectivity index (χ0n) is 13.7. The number of benzene rings is 1. The highest BCUT2D eigenvalue weighted by molar-refractivity contribution is 6.01. The molecule has 0 saturated carbocycles. The van der Waals surface area contributed by atoms with Crippen LogP contribution in [0.2, 0.25) is 0 Å². The number of anilines is 1. The number of carbonyl (C=O) groups excluding carboxylic acids is 1. The Morgan fingerprint density at radius 2 is 2.12 bits per heavy atom. The predicted molar refractivity (Wildman–Crippen MR) is 97.5 cm³/mol. The maximum Gasteiger partial charge on any atom is 0.248 e. The molecule has 122 valence electrons. The van der Waals surface area contributed by atoms with Crippen LogP contribution in [-0.4, -0.2) is 20.7 Å². The SMILES string of the molecule is Cn1cc(C=CC(=O)Nc2cccc(C#Cc3ccccn3)c2)cn1. The quantitative estimate of drug-likeness (QED) is 0.594. The molecule has 0 aliphatic heterocycles. The standard InChI is InChI=1S/C20H16N4O/c1-24-15-17(14-22-24)9-11-20(25)23-19-7-4-5-16(13-19)8-10-18-6-2-3-12-21-18/h2-7,9,11-15H,1H3,(H,23,25). The lowest BCUT2D eigenvalue weighted by Gasteiger charge is -2.02. The lowest BCUT2D eigenvalue weighted by Crippen LogP contribution is -2.07. The maximum absolute atomic E-state index is 12.0. The van der Waals surface area contributed by atoms with E-state index in [0.29, 0.717) is 11.4 Å². The average molecular weight is 328 g/mol. The Hall–Kier alpha value is -3.65. The largest absolute Gasteiger partial charge is 0.322 e. The van der Waals surface area contributed by atoms with E-state index in [4.69, 9.17) is 0 Å². The number of hydrogen-bond acceptors (Lipinski definition) is 3. The number of carbonyl (C=O) groups is 1. The second-order valence-corrected chi connectivity index (χ2v) is 5.32. The van der Waals surface area contributed by atoms with E-state index in [9.17, 15) is 4.79 Å². The van der Waals surface area contributed by atoms with Crippen molar-refractivity contribution in [2.24, 2.45) is 7.05 Å². The Morgan fingerprint density at radius 3 is 2.88 bits per heavy atom. The molecule has 0 spiro atoms. The summed E-state index contributed by atoms with van der Waals surface area (Å²) in [7, 11) is 1.83. The summed E-state index contributed by atoms with van der Waals surface area (Å²) >= 11 is 0. The van der Waals surface area contributed by atoms with Gasteiger partial charge in [0.05, 0.1) is 6.20 Å². The molecule has 2 aromatic heterocycles. The van der Waals surface area contributed by atoms with Crippen molar-refractivity contribution < 1.29 is 4.79 Å². The van der Waals surface area contributed by atoms with Crippen LogP contribution in [-0.2, 0) is 11.8 Å². The number of aryl methyl sites for hydroxylation is 1. The van der Waals surface area contributed by atoms with E-state index in [1.807, 2.05) is 55.7 Å². The summed E-state index contributed by atoms with van der Waals surface area (Å²) in [6.45, 7) is 0. The fourth-order valence-corrected chi connectivity index (χ4v) is 2.13. The summed E-state index contributed by atoms with van der Waals surface area (Å²) in [5.41, 5.74) is 3.07. The molecule has 0 bridgehead atoms. The van der Waals surface area contributed by atoms with Crippen molar-refractivity contribution in [3.8, 4) is 11.8 Å². The van der Waals surface area contributed by atoms with Crippen LogP contribution in [0.3, 0.4) is 0 Å². The smallest absolute Gasteiger partial charge is 0.248 e. The molecular formula is C20H16N4O. The molecule has 0 unspecified atom stereocenters. The molecule has 1 aromatic carbocycles. The van der Waals surface area contributed by atoms with Crippen LogP contribution in [0.5, 0.6) is 0 Å². The minimum Gasteiger partial charge on any atom is -0.322 e. The number of aromatic nitrogens is 3. The average Bonchev–Trinajstić information content (AvgIpc) is 3.05. The summed E-state index contributed by atoms with van der Waals surface area (Å²) in [6.07, 6.45) is 8.42. The second-order valence-electron chi connectivity index (χ2n) is 5.32. The van der Waals surface area contributed by atoms with E-state index in [1.165, 1.54) is 6.08 Å². The third-order valence-corrected chi connectivity index (χ3v) is 3.28. The lowest BCUT2D eigenvalue weighted by atomic mass is 10.2. The van der Waals surface area contributed by atoms with E-state index in [0.717, 1.165) is 11.1 Å². The first-order valence-electron chi connectivity index (χ1n) is 7.70. The van der Waals surface area contributed by atoms with Gasteiger partial charge >= 0.3 is 0 Å². The molecule has 1 amide bonds. The Balaban J connectivity index is 1.66. The van der Waals surface area contributed by atoms with Crippen molar-refractivity contribution in [3.63, 3.8) is 0 Å². The van der Waals surface area contributed by atoms with E-state index in [1.54, 1.807) is 23.2 Å². The van der Waals surface area contributed by atoms with Crippen molar-refractivity contribution in [1.82, 2.24) is 14.8 Å². The number of rotatable bonds is 3. The van der Waals surface area contributed by atoms with E-state index in [2.05, 4.69) is 27.2 Å². The molecule has 0 saturated heterocycles. The number of amides is 1. The molecule has 3 aromatic rings. The summed E-state index contributed by atoms with van der Waals surface area (Å²) in [5, 5.41) is 6.87. The maximum atomic E-state index is 12.0. The third kappa shape index (κ3) is 4.91. The second kappa shape index (κ2) is 7.75. The minimum absolute atomic E-state index is 0.210. The molecule has 2 heterocycles. The molecule has 1 N–H and O–H groups in total.